The predicted octanol–water partition coefficient (Wildman–Crippen LogP) is 1.09. The average molecular weight is 268 g/mol. The number of hydrogen-bond donors (Lipinski definition) is 2. The van der Waals surface area contributed by atoms with Gasteiger partial charge in [0.05, 0.1) is 6.04 Å². The summed E-state index contributed by atoms with van der Waals surface area (Å²) in [7, 11) is 0. The summed E-state index contributed by atoms with van der Waals surface area (Å²) in [5.41, 5.74) is -0.464. The van der Waals surface area contributed by atoms with Gasteiger partial charge in [0.2, 0.25) is 5.91 Å². The molecular weight excluding hydrogens is 244 g/mol. The predicted molar refractivity (Wildman–Crippen MR) is 71.7 cm³/mol. The van der Waals surface area contributed by atoms with Crippen molar-refractivity contribution in [3.8, 4) is 0 Å². The summed E-state index contributed by atoms with van der Waals surface area (Å²) in [6.07, 6.45) is 3.46. The molecule has 2 N–H and O–H groups in total. The molecular formula is C14H24N2O3. The highest BCUT2D eigenvalue weighted by Gasteiger charge is 2.45. The molecule has 0 aromatic heterocycles. The third kappa shape index (κ3) is 2.91. The molecule has 1 heterocycles. The zero-order valence-electron chi connectivity index (χ0n) is 12.0. The van der Waals surface area contributed by atoms with Crippen molar-refractivity contribution in [3.05, 3.63) is 0 Å². The first-order valence-electron chi connectivity index (χ1n) is 7.07. The fourth-order valence-corrected chi connectivity index (χ4v) is 3.41. The number of carbonyl (C=O) groups excluding carboxylic acids is 1. The highest BCUT2D eigenvalue weighted by molar-refractivity contribution is 5.86. The molecule has 3 unspecified atom stereocenters. The molecule has 1 saturated carbocycles. The molecule has 1 aliphatic carbocycles. The number of carboxylic acids is 1. The largest absolute Gasteiger partial charge is 0.480 e. The Morgan fingerprint density at radius 3 is 2.58 bits per heavy atom. The second-order valence-electron chi connectivity index (χ2n) is 6.73. The normalized spacial score (nSPS) is 30.2. The van der Waals surface area contributed by atoms with Crippen LogP contribution in [0.2, 0.25) is 0 Å². The van der Waals surface area contributed by atoms with Gasteiger partial charge in [-0.25, -0.2) is 0 Å². The number of carboxylic acid groups (broad SMARTS) is 1. The van der Waals surface area contributed by atoms with E-state index in [1.54, 1.807) is 0 Å². The van der Waals surface area contributed by atoms with Gasteiger partial charge in [0.25, 0.3) is 0 Å². The molecule has 1 amide bonds. The molecule has 2 fully saturated rings. The molecule has 1 saturated heterocycles. The number of amides is 1. The van der Waals surface area contributed by atoms with Gasteiger partial charge in [-0.1, -0.05) is 6.42 Å². The lowest BCUT2D eigenvalue weighted by atomic mass is 9.92. The number of aliphatic carboxylic acids is 1. The second-order valence-corrected chi connectivity index (χ2v) is 6.73. The fourth-order valence-electron chi connectivity index (χ4n) is 3.41. The van der Waals surface area contributed by atoms with Crippen LogP contribution in [-0.2, 0) is 9.59 Å². The zero-order valence-corrected chi connectivity index (χ0v) is 12.0. The van der Waals surface area contributed by atoms with Crippen LogP contribution in [0.3, 0.4) is 0 Å². The first kappa shape index (κ1) is 14.3. The Labute approximate surface area is 114 Å². The van der Waals surface area contributed by atoms with Crippen molar-refractivity contribution < 1.29 is 14.7 Å². The van der Waals surface area contributed by atoms with E-state index in [9.17, 15) is 9.59 Å². The Balaban J connectivity index is 2.13. The smallest absolute Gasteiger partial charge is 0.323 e. The second kappa shape index (κ2) is 5.12. The molecule has 5 heteroatoms. The number of nitrogens with zero attached hydrogens (tertiary/aromatic N) is 1. The van der Waals surface area contributed by atoms with Crippen molar-refractivity contribution in [1.29, 1.82) is 0 Å². The van der Waals surface area contributed by atoms with Gasteiger partial charge in [-0.2, -0.15) is 0 Å². The molecule has 108 valence electrons. The molecule has 2 rings (SSSR count). The van der Waals surface area contributed by atoms with Crippen LogP contribution in [0.1, 0.15) is 40.0 Å². The summed E-state index contributed by atoms with van der Waals surface area (Å²) >= 11 is 0. The molecule has 0 radical (unpaired) electrons. The van der Waals surface area contributed by atoms with E-state index in [4.69, 9.17) is 5.11 Å². The van der Waals surface area contributed by atoms with Crippen LogP contribution < -0.4 is 5.32 Å². The van der Waals surface area contributed by atoms with E-state index in [0.717, 1.165) is 13.0 Å². The van der Waals surface area contributed by atoms with Crippen molar-refractivity contribution >= 4 is 11.9 Å². The first-order valence-corrected chi connectivity index (χ1v) is 7.07. The SMILES string of the molecule is CC(C)(C)N(CC(=O)O)C(=O)C1NCC2CCCC21. The highest BCUT2D eigenvalue weighted by Crippen LogP contribution is 2.38. The number of nitrogens with one attached hydrogen (secondary N) is 1. The van der Waals surface area contributed by atoms with E-state index in [1.165, 1.54) is 17.7 Å². The van der Waals surface area contributed by atoms with Crippen LogP contribution in [0.5, 0.6) is 0 Å². The number of carbonyl (C=O) groups is 2. The molecule has 0 bridgehead atoms. The summed E-state index contributed by atoms with van der Waals surface area (Å²) in [4.78, 5) is 25.2. The number of fused-ring (bicyclic) bond motifs is 1. The van der Waals surface area contributed by atoms with Crippen molar-refractivity contribution in [2.24, 2.45) is 11.8 Å². The molecule has 3 atom stereocenters. The van der Waals surface area contributed by atoms with E-state index in [2.05, 4.69) is 5.32 Å². The standard InChI is InChI=1S/C14H24N2O3/c1-14(2,3)16(8-11(17)18)13(19)12-10-6-4-5-9(10)7-15-12/h9-10,12,15H,4-8H2,1-3H3,(H,17,18). The Morgan fingerprint density at radius 2 is 2.00 bits per heavy atom. The van der Waals surface area contributed by atoms with Gasteiger partial charge in [-0.3, -0.25) is 9.59 Å². The van der Waals surface area contributed by atoms with Gasteiger partial charge >= 0.3 is 5.97 Å². The number of hydrogen-bond acceptors (Lipinski definition) is 3. The van der Waals surface area contributed by atoms with E-state index in [-0.39, 0.29) is 18.5 Å². The van der Waals surface area contributed by atoms with Gasteiger partial charge in [-0.15, -0.1) is 0 Å². The first-order chi connectivity index (χ1) is 8.80. The monoisotopic (exact) mass is 268 g/mol. The van der Waals surface area contributed by atoms with Gasteiger partial charge in [0.15, 0.2) is 0 Å². The zero-order chi connectivity index (χ0) is 14.2. The Hall–Kier alpha value is -1.10. The summed E-state index contributed by atoms with van der Waals surface area (Å²) in [5, 5.41) is 12.3. The Morgan fingerprint density at radius 1 is 1.32 bits per heavy atom. The van der Waals surface area contributed by atoms with Crippen LogP contribution in [0.4, 0.5) is 0 Å². The summed E-state index contributed by atoms with van der Waals surface area (Å²) < 4.78 is 0. The Bertz CT molecular complexity index is 375. The van der Waals surface area contributed by atoms with Crippen LogP contribution in [0.15, 0.2) is 0 Å². The summed E-state index contributed by atoms with van der Waals surface area (Å²) in [5.74, 6) is -0.0136. The van der Waals surface area contributed by atoms with E-state index >= 15 is 0 Å². The lowest BCUT2D eigenvalue weighted by Gasteiger charge is -2.37. The molecule has 19 heavy (non-hydrogen) atoms. The van der Waals surface area contributed by atoms with Crippen LogP contribution in [0, 0.1) is 11.8 Å². The maximum atomic E-state index is 12.7. The fraction of sp³-hybridized carbons (Fsp3) is 0.857. The minimum atomic E-state index is -0.954. The third-order valence-electron chi connectivity index (χ3n) is 4.38. The quantitative estimate of drug-likeness (QED) is 0.804. The maximum Gasteiger partial charge on any atom is 0.323 e. The van der Waals surface area contributed by atoms with Gasteiger partial charge < -0.3 is 15.3 Å². The third-order valence-corrected chi connectivity index (χ3v) is 4.38. The Kier molecular flexibility index (Phi) is 3.85. The van der Waals surface area contributed by atoms with Gasteiger partial charge in [0, 0.05) is 5.54 Å². The van der Waals surface area contributed by atoms with Crippen molar-refractivity contribution in [1.82, 2.24) is 10.2 Å². The molecule has 2 aliphatic rings. The molecule has 0 aromatic carbocycles. The van der Waals surface area contributed by atoms with E-state index in [0.29, 0.717) is 11.8 Å². The summed E-state index contributed by atoms with van der Waals surface area (Å²) in [6.45, 7) is 6.32. The lowest BCUT2D eigenvalue weighted by molar-refractivity contribution is -0.149. The highest BCUT2D eigenvalue weighted by atomic mass is 16.4. The molecule has 1 aliphatic heterocycles. The average Bonchev–Trinajstić information content (AvgIpc) is 2.84. The maximum absolute atomic E-state index is 12.7. The number of rotatable bonds is 3. The van der Waals surface area contributed by atoms with Crippen molar-refractivity contribution in [3.63, 3.8) is 0 Å². The lowest BCUT2D eigenvalue weighted by Crippen LogP contribution is -2.55. The molecule has 0 spiro atoms. The van der Waals surface area contributed by atoms with E-state index < -0.39 is 11.5 Å². The minimum Gasteiger partial charge on any atom is -0.480 e. The summed E-state index contributed by atoms with van der Waals surface area (Å²) in [6, 6.07) is -0.189. The molecule has 5 nitrogen and oxygen atoms in total. The van der Waals surface area contributed by atoms with Crippen LogP contribution in [0.25, 0.3) is 0 Å². The topological polar surface area (TPSA) is 69.6 Å². The van der Waals surface area contributed by atoms with E-state index in [1.807, 2.05) is 20.8 Å². The minimum absolute atomic E-state index is 0.0516. The molecule has 0 aromatic rings. The van der Waals surface area contributed by atoms with Crippen LogP contribution in [-0.4, -0.2) is 46.6 Å². The van der Waals surface area contributed by atoms with Crippen LogP contribution >= 0.6 is 0 Å². The van der Waals surface area contributed by atoms with Crippen molar-refractivity contribution in [2.45, 2.75) is 51.6 Å². The van der Waals surface area contributed by atoms with Crippen molar-refractivity contribution in [2.75, 3.05) is 13.1 Å². The van der Waals surface area contributed by atoms with Gasteiger partial charge in [0.1, 0.15) is 6.54 Å². The van der Waals surface area contributed by atoms with Gasteiger partial charge in [-0.05, 0) is 52.0 Å².